The molecule has 3 heterocycles. The van der Waals surface area contributed by atoms with Crippen molar-refractivity contribution >= 4 is 50.9 Å². The molecule has 13 heteroatoms. The van der Waals surface area contributed by atoms with Crippen LogP contribution in [0.2, 0.25) is 0 Å². The number of para-hydroxylation sites is 2. The number of alkyl halides is 3. The monoisotopic (exact) mass is 648 g/mol. The van der Waals surface area contributed by atoms with E-state index in [1.54, 1.807) is 61.5 Å². The Kier molecular flexibility index (Phi) is 6.32. The summed E-state index contributed by atoms with van der Waals surface area (Å²) < 4.78 is 9.19. The van der Waals surface area contributed by atoms with Crippen molar-refractivity contribution in [1.29, 1.82) is 0 Å². The van der Waals surface area contributed by atoms with E-state index >= 15 is 0 Å². The number of aromatic nitrogens is 3. The molecule has 4 unspecified atom stereocenters. The third-order valence-electron chi connectivity index (χ3n) is 7.94. The average Bonchev–Trinajstić information content (AvgIpc) is 3.28. The summed E-state index contributed by atoms with van der Waals surface area (Å²) in [7, 11) is 0. The lowest BCUT2D eigenvalue weighted by atomic mass is 9.64. The van der Waals surface area contributed by atoms with E-state index in [0.29, 0.717) is 11.3 Å². The van der Waals surface area contributed by atoms with Gasteiger partial charge in [0.1, 0.15) is 0 Å². The molecule has 3 aromatic rings. The number of benzene rings is 2. The minimum atomic E-state index is -2.04. The molecule has 2 aliphatic heterocycles. The normalized spacial score (nSPS) is 27.2. The van der Waals surface area contributed by atoms with E-state index in [-0.39, 0.29) is 42.1 Å². The zero-order valence-corrected chi connectivity index (χ0v) is 24.2. The number of carbonyl (C=O) groups excluding carboxylic acids is 2. The average molecular weight is 650 g/mol. The summed E-state index contributed by atoms with van der Waals surface area (Å²) in [6.45, 7) is 2.02. The number of carbonyl (C=O) groups is 2. The van der Waals surface area contributed by atoms with E-state index in [2.05, 4.69) is 15.9 Å². The standard InChI is InChI=1S/C27H23BrCl2N4O6/c1-2-40-19-10-6-9-17(21(19)35)20-16-11-12-32-24(38)33(15-7-4-3-5-8-15)25(39)34(32)18(16)13-26(29)22(36)31(14-28)23(37)27(20,26)30/h3-11,18,20,35H,2,12-14H2,1H3. The molecule has 208 valence electrons. The van der Waals surface area contributed by atoms with Gasteiger partial charge in [-0.25, -0.2) is 23.5 Å². The van der Waals surface area contributed by atoms with Crippen LogP contribution in [-0.2, 0) is 16.1 Å². The maximum absolute atomic E-state index is 13.8. The summed E-state index contributed by atoms with van der Waals surface area (Å²) in [6, 6.07) is 12.4. The Balaban J connectivity index is 1.62. The summed E-state index contributed by atoms with van der Waals surface area (Å²) in [5, 5.41) is 11.3. The fourth-order valence-electron chi connectivity index (χ4n) is 6.20. The Morgan fingerprint density at radius 2 is 1.75 bits per heavy atom. The second-order valence-electron chi connectivity index (χ2n) is 9.82. The highest BCUT2D eigenvalue weighted by Gasteiger charge is 2.75. The van der Waals surface area contributed by atoms with Crippen molar-refractivity contribution in [2.45, 2.75) is 41.6 Å². The van der Waals surface area contributed by atoms with E-state index in [4.69, 9.17) is 27.9 Å². The van der Waals surface area contributed by atoms with Gasteiger partial charge in [0.05, 0.1) is 30.3 Å². The third kappa shape index (κ3) is 3.34. The molecule has 2 amide bonds. The fraction of sp³-hybridized carbons (Fsp3) is 0.333. The van der Waals surface area contributed by atoms with E-state index in [0.717, 1.165) is 9.47 Å². The van der Waals surface area contributed by atoms with E-state index in [9.17, 15) is 24.3 Å². The van der Waals surface area contributed by atoms with Gasteiger partial charge in [-0.2, -0.15) is 0 Å². The number of aromatic hydroxyl groups is 1. The molecule has 6 rings (SSSR count). The van der Waals surface area contributed by atoms with Gasteiger partial charge in [-0.05, 0) is 30.7 Å². The van der Waals surface area contributed by atoms with E-state index < -0.39 is 44.9 Å². The Bertz CT molecular complexity index is 1720. The number of likely N-dealkylation sites (tertiary alicyclic amines) is 1. The number of ether oxygens (including phenoxy) is 1. The summed E-state index contributed by atoms with van der Waals surface area (Å²) in [5.41, 5.74) is -0.260. The van der Waals surface area contributed by atoms with Crippen LogP contribution >= 0.6 is 39.1 Å². The molecule has 1 saturated heterocycles. The lowest BCUT2D eigenvalue weighted by Crippen LogP contribution is -2.59. The van der Waals surface area contributed by atoms with Crippen LogP contribution < -0.4 is 16.1 Å². The highest BCUT2D eigenvalue weighted by atomic mass is 79.9. The highest BCUT2D eigenvalue weighted by molar-refractivity contribution is 9.09. The lowest BCUT2D eigenvalue weighted by Gasteiger charge is -2.49. The number of hydrogen-bond acceptors (Lipinski definition) is 6. The zero-order valence-electron chi connectivity index (χ0n) is 21.1. The second-order valence-corrected chi connectivity index (χ2v) is 11.6. The van der Waals surface area contributed by atoms with Crippen LogP contribution in [-0.4, -0.2) is 57.6 Å². The molecule has 4 atom stereocenters. The van der Waals surface area contributed by atoms with Crippen molar-refractivity contribution in [1.82, 2.24) is 18.8 Å². The third-order valence-corrected chi connectivity index (χ3v) is 9.85. The molecule has 0 bridgehead atoms. The van der Waals surface area contributed by atoms with Crippen molar-refractivity contribution < 1.29 is 19.4 Å². The lowest BCUT2D eigenvalue weighted by molar-refractivity contribution is -0.138. The molecule has 0 spiro atoms. The number of phenols is 1. The van der Waals surface area contributed by atoms with Gasteiger partial charge in [0, 0.05) is 17.9 Å². The fourth-order valence-corrected chi connectivity index (χ4v) is 7.60. The van der Waals surface area contributed by atoms with Gasteiger partial charge < -0.3 is 9.84 Å². The molecule has 10 nitrogen and oxygen atoms in total. The number of rotatable bonds is 5. The molecule has 1 aromatic heterocycles. The number of nitrogens with zero attached hydrogens (tertiary/aromatic N) is 4. The topological polar surface area (TPSA) is 116 Å². The number of imide groups is 1. The number of allylic oxidation sites excluding steroid dienone is 2. The molecule has 1 aliphatic carbocycles. The Hall–Kier alpha value is -3.28. The minimum absolute atomic E-state index is 0.00525. The molecule has 2 aromatic carbocycles. The summed E-state index contributed by atoms with van der Waals surface area (Å²) >= 11 is 17.5. The van der Waals surface area contributed by atoms with Crippen molar-refractivity contribution in [3.63, 3.8) is 0 Å². The second kappa shape index (κ2) is 9.39. The minimum Gasteiger partial charge on any atom is -0.504 e. The first-order valence-electron chi connectivity index (χ1n) is 12.6. The Morgan fingerprint density at radius 1 is 1.02 bits per heavy atom. The summed E-state index contributed by atoms with van der Waals surface area (Å²) in [5.74, 6) is -2.69. The first-order valence-corrected chi connectivity index (χ1v) is 14.4. The maximum atomic E-state index is 13.8. The van der Waals surface area contributed by atoms with Crippen molar-refractivity contribution in [3.05, 3.63) is 86.7 Å². The number of halogens is 3. The van der Waals surface area contributed by atoms with Gasteiger partial charge in [0.15, 0.2) is 21.2 Å². The van der Waals surface area contributed by atoms with Crippen LogP contribution in [0.3, 0.4) is 0 Å². The quantitative estimate of drug-likeness (QED) is 0.196. The smallest absolute Gasteiger partial charge is 0.352 e. The Labute approximate surface area is 246 Å². The number of amides is 2. The van der Waals surface area contributed by atoms with Gasteiger partial charge in [-0.3, -0.25) is 14.5 Å². The van der Waals surface area contributed by atoms with Crippen molar-refractivity contribution in [2.24, 2.45) is 0 Å². The Morgan fingerprint density at radius 3 is 2.42 bits per heavy atom. The molecule has 3 aliphatic rings. The molecule has 1 saturated carbocycles. The van der Waals surface area contributed by atoms with Gasteiger partial charge in [-0.1, -0.05) is 52.3 Å². The van der Waals surface area contributed by atoms with Crippen molar-refractivity contribution in [3.8, 4) is 17.2 Å². The van der Waals surface area contributed by atoms with Crippen LogP contribution in [0, 0.1) is 0 Å². The molecule has 1 N–H and O–H groups in total. The van der Waals surface area contributed by atoms with E-state index in [1.807, 2.05) is 0 Å². The van der Waals surface area contributed by atoms with Gasteiger partial charge in [-0.15, -0.1) is 23.2 Å². The molecule has 0 radical (unpaired) electrons. The van der Waals surface area contributed by atoms with Crippen LogP contribution in [0.5, 0.6) is 11.5 Å². The first-order chi connectivity index (χ1) is 19.1. The largest absolute Gasteiger partial charge is 0.504 e. The predicted octanol–water partition coefficient (Wildman–Crippen LogP) is 3.25. The number of phenolic OH excluding ortho intramolecular Hbond substituents is 1. The van der Waals surface area contributed by atoms with Gasteiger partial charge in [0.25, 0.3) is 11.8 Å². The highest BCUT2D eigenvalue weighted by Crippen LogP contribution is 2.64. The van der Waals surface area contributed by atoms with Crippen molar-refractivity contribution in [2.75, 3.05) is 12.1 Å². The van der Waals surface area contributed by atoms with Gasteiger partial charge in [0.2, 0.25) is 0 Å². The van der Waals surface area contributed by atoms with Crippen LogP contribution in [0.1, 0.15) is 30.9 Å². The van der Waals surface area contributed by atoms with Crippen LogP contribution in [0.4, 0.5) is 0 Å². The van der Waals surface area contributed by atoms with Crippen LogP contribution in [0.15, 0.2) is 69.8 Å². The SMILES string of the molecule is CCOc1cccc(C2C3=CCn4c(=O)n(-c5ccccc5)c(=O)n4C3CC3(Cl)C(=O)N(CBr)C(=O)C23Cl)c1O. The number of fused-ring (bicyclic) bond motifs is 4. The molecular formula is C27H23BrCl2N4O6. The van der Waals surface area contributed by atoms with Gasteiger partial charge >= 0.3 is 11.4 Å². The van der Waals surface area contributed by atoms with Crippen LogP contribution in [0.25, 0.3) is 5.69 Å². The molecule has 2 fully saturated rings. The number of hydrogen-bond donors (Lipinski definition) is 1. The predicted molar refractivity (Wildman–Crippen MR) is 151 cm³/mol. The zero-order chi connectivity index (χ0) is 28.6. The maximum Gasteiger partial charge on any atom is 0.352 e. The molecular weight excluding hydrogens is 627 g/mol. The summed E-state index contributed by atoms with van der Waals surface area (Å²) in [6.07, 6.45) is 1.48. The molecule has 40 heavy (non-hydrogen) atoms. The van der Waals surface area contributed by atoms with E-state index in [1.165, 1.54) is 9.36 Å². The summed E-state index contributed by atoms with van der Waals surface area (Å²) in [4.78, 5) is 51.7. The first kappa shape index (κ1) is 26.9.